The van der Waals surface area contributed by atoms with E-state index in [4.69, 9.17) is 9.47 Å². The highest BCUT2D eigenvalue weighted by atomic mass is 32.1. The Labute approximate surface area is 214 Å². The number of carbonyl (C=O) groups excluding carboxylic acids is 2. The molecule has 1 aromatic carbocycles. The third-order valence-electron chi connectivity index (χ3n) is 6.10. The summed E-state index contributed by atoms with van der Waals surface area (Å²) in [5, 5.41) is 13.2. The van der Waals surface area contributed by atoms with Crippen LogP contribution in [0.5, 0.6) is 5.75 Å². The summed E-state index contributed by atoms with van der Waals surface area (Å²) in [6.07, 6.45) is 5.01. The van der Waals surface area contributed by atoms with Gasteiger partial charge in [-0.2, -0.15) is 5.26 Å². The standard InChI is InChI=1S/C27H28N4O4S/c1-18-3-5-23(34-2)20(15-18)4-6-25(32)30-26-22(16-28)21-9-13-31(17-24(21)36-26)27(33)35-14-10-19-7-11-29-12-8-19/h3,5,7-8,11-12,15H,4,6,9-10,13-14,17H2,1-2H3,(H,30,32). The molecule has 1 aliphatic rings. The zero-order valence-corrected chi connectivity index (χ0v) is 21.2. The van der Waals surface area contributed by atoms with Crippen molar-refractivity contribution in [1.82, 2.24) is 9.88 Å². The predicted molar refractivity (Wildman–Crippen MR) is 137 cm³/mol. The Balaban J connectivity index is 1.35. The number of nitriles is 1. The molecule has 1 N–H and O–H groups in total. The summed E-state index contributed by atoms with van der Waals surface area (Å²) >= 11 is 1.35. The van der Waals surface area contributed by atoms with Crippen molar-refractivity contribution in [2.75, 3.05) is 25.6 Å². The second kappa shape index (κ2) is 11.7. The fourth-order valence-electron chi connectivity index (χ4n) is 4.20. The number of aromatic nitrogens is 1. The lowest BCUT2D eigenvalue weighted by Crippen LogP contribution is -2.36. The average Bonchev–Trinajstić information content (AvgIpc) is 3.24. The van der Waals surface area contributed by atoms with Crippen LogP contribution in [0.25, 0.3) is 0 Å². The third kappa shape index (κ3) is 6.01. The molecule has 0 radical (unpaired) electrons. The summed E-state index contributed by atoms with van der Waals surface area (Å²) < 4.78 is 10.9. The number of amides is 2. The van der Waals surface area contributed by atoms with E-state index in [9.17, 15) is 14.9 Å². The zero-order valence-electron chi connectivity index (χ0n) is 20.4. The molecule has 9 heteroatoms. The van der Waals surface area contributed by atoms with Crippen molar-refractivity contribution < 1.29 is 19.1 Å². The van der Waals surface area contributed by atoms with Crippen LogP contribution in [0.4, 0.5) is 9.80 Å². The van der Waals surface area contributed by atoms with Gasteiger partial charge in [0.05, 0.1) is 25.8 Å². The van der Waals surface area contributed by atoms with Gasteiger partial charge in [-0.15, -0.1) is 11.3 Å². The smallest absolute Gasteiger partial charge is 0.410 e. The van der Waals surface area contributed by atoms with Gasteiger partial charge in [-0.1, -0.05) is 17.7 Å². The number of hydrogen-bond acceptors (Lipinski definition) is 7. The molecule has 0 saturated carbocycles. The lowest BCUT2D eigenvalue weighted by Gasteiger charge is -2.26. The number of rotatable bonds is 8. The first-order valence-corrected chi connectivity index (χ1v) is 12.6. The van der Waals surface area contributed by atoms with E-state index >= 15 is 0 Å². The van der Waals surface area contributed by atoms with Crippen molar-refractivity contribution in [2.45, 2.75) is 39.2 Å². The van der Waals surface area contributed by atoms with Gasteiger partial charge in [-0.3, -0.25) is 9.78 Å². The molecule has 186 valence electrons. The third-order valence-corrected chi connectivity index (χ3v) is 7.23. The molecule has 3 aromatic rings. The minimum absolute atomic E-state index is 0.166. The molecule has 3 heterocycles. The first kappa shape index (κ1) is 25.2. The molecule has 0 spiro atoms. The van der Waals surface area contributed by atoms with E-state index in [-0.39, 0.29) is 25.0 Å². The Hall–Kier alpha value is -3.90. The number of fused-ring (bicyclic) bond motifs is 1. The second-order valence-corrected chi connectivity index (χ2v) is 9.68. The van der Waals surface area contributed by atoms with Crippen molar-refractivity contribution in [3.63, 3.8) is 0 Å². The average molecular weight is 505 g/mol. The number of methoxy groups -OCH3 is 1. The molecule has 1 aliphatic heterocycles. The molecule has 0 fully saturated rings. The van der Waals surface area contributed by atoms with Crippen molar-refractivity contribution >= 4 is 28.3 Å². The van der Waals surface area contributed by atoms with Gasteiger partial charge in [0.25, 0.3) is 0 Å². The van der Waals surface area contributed by atoms with E-state index in [0.29, 0.717) is 42.9 Å². The summed E-state index contributed by atoms with van der Waals surface area (Å²) in [6, 6.07) is 11.9. The zero-order chi connectivity index (χ0) is 25.5. The van der Waals surface area contributed by atoms with Crippen LogP contribution in [-0.2, 0) is 35.3 Å². The SMILES string of the molecule is COc1ccc(C)cc1CCC(=O)Nc1sc2c(c1C#N)CCN(C(=O)OCCc1ccncc1)C2. The van der Waals surface area contributed by atoms with Crippen LogP contribution in [-0.4, -0.2) is 42.1 Å². The van der Waals surface area contributed by atoms with E-state index < -0.39 is 0 Å². The number of ether oxygens (including phenoxy) is 2. The maximum absolute atomic E-state index is 12.7. The van der Waals surface area contributed by atoms with Crippen molar-refractivity contribution in [3.05, 3.63) is 75.4 Å². The quantitative estimate of drug-likeness (QED) is 0.479. The number of nitrogens with zero attached hydrogens (tertiary/aromatic N) is 3. The minimum atomic E-state index is -0.376. The largest absolute Gasteiger partial charge is 0.496 e. The number of carbonyl (C=O) groups is 2. The molecule has 36 heavy (non-hydrogen) atoms. The van der Waals surface area contributed by atoms with Gasteiger partial charge in [0.15, 0.2) is 0 Å². The van der Waals surface area contributed by atoms with E-state index in [1.165, 1.54) is 11.3 Å². The van der Waals surface area contributed by atoms with Crippen LogP contribution in [0, 0.1) is 18.3 Å². The fourth-order valence-corrected chi connectivity index (χ4v) is 5.43. The first-order chi connectivity index (χ1) is 17.5. The number of thiophene rings is 1. The molecule has 2 amide bonds. The molecule has 0 bridgehead atoms. The van der Waals surface area contributed by atoms with Crippen LogP contribution in [0.15, 0.2) is 42.7 Å². The van der Waals surface area contributed by atoms with E-state index in [1.54, 1.807) is 24.4 Å². The summed E-state index contributed by atoms with van der Waals surface area (Å²) in [5.41, 5.74) is 4.51. The van der Waals surface area contributed by atoms with Crippen LogP contribution >= 0.6 is 11.3 Å². The van der Waals surface area contributed by atoms with E-state index in [1.807, 2.05) is 37.3 Å². The highest BCUT2D eigenvalue weighted by Gasteiger charge is 2.28. The molecule has 0 unspecified atom stereocenters. The normalized spacial score (nSPS) is 12.4. The van der Waals surface area contributed by atoms with Gasteiger partial charge in [-0.25, -0.2) is 4.79 Å². The van der Waals surface area contributed by atoms with Gasteiger partial charge in [0.2, 0.25) is 5.91 Å². The predicted octanol–water partition coefficient (Wildman–Crippen LogP) is 4.64. The van der Waals surface area contributed by atoms with Gasteiger partial charge in [-0.05, 0) is 54.7 Å². The Morgan fingerprint density at radius 2 is 2.03 bits per heavy atom. The summed E-state index contributed by atoms with van der Waals surface area (Å²) in [7, 11) is 1.61. The van der Waals surface area contributed by atoms with E-state index in [2.05, 4.69) is 16.4 Å². The maximum Gasteiger partial charge on any atom is 0.410 e. The highest BCUT2D eigenvalue weighted by molar-refractivity contribution is 7.16. The lowest BCUT2D eigenvalue weighted by atomic mass is 10.0. The lowest BCUT2D eigenvalue weighted by molar-refractivity contribution is -0.116. The summed E-state index contributed by atoms with van der Waals surface area (Å²) in [4.78, 5) is 31.8. The molecule has 4 rings (SSSR count). The molecule has 0 aliphatic carbocycles. The number of pyridine rings is 1. The van der Waals surface area contributed by atoms with Crippen LogP contribution < -0.4 is 10.1 Å². The topological polar surface area (TPSA) is 105 Å². The maximum atomic E-state index is 12.7. The summed E-state index contributed by atoms with van der Waals surface area (Å²) in [5.74, 6) is 0.589. The van der Waals surface area contributed by atoms with E-state index in [0.717, 1.165) is 32.9 Å². The van der Waals surface area contributed by atoms with Crippen LogP contribution in [0.3, 0.4) is 0 Å². The summed E-state index contributed by atoms with van der Waals surface area (Å²) in [6.45, 7) is 3.11. The van der Waals surface area contributed by atoms with Crippen molar-refractivity contribution in [1.29, 1.82) is 5.26 Å². The minimum Gasteiger partial charge on any atom is -0.496 e. The van der Waals surface area contributed by atoms with Crippen molar-refractivity contribution in [3.8, 4) is 11.8 Å². The molecule has 0 saturated heterocycles. The molecule has 0 atom stereocenters. The Morgan fingerprint density at radius 3 is 2.78 bits per heavy atom. The second-order valence-electron chi connectivity index (χ2n) is 8.57. The number of aryl methyl sites for hydroxylation is 2. The molecule has 8 nitrogen and oxygen atoms in total. The molecular weight excluding hydrogens is 476 g/mol. The van der Waals surface area contributed by atoms with Gasteiger partial charge in [0.1, 0.15) is 16.8 Å². The van der Waals surface area contributed by atoms with Gasteiger partial charge >= 0.3 is 6.09 Å². The van der Waals surface area contributed by atoms with Gasteiger partial charge in [0, 0.05) is 36.7 Å². The van der Waals surface area contributed by atoms with Gasteiger partial charge < -0.3 is 19.7 Å². The van der Waals surface area contributed by atoms with Crippen LogP contribution in [0.1, 0.15) is 39.1 Å². The molecular formula is C27H28N4O4S. The molecule has 2 aromatic heterocycles. The Kier molecular flexibility index (Phi) is 8.18. The Morgan fingerprint density at radius 1 is 1.22 bits per heavy atom. The Bertz CT molecular complexity index is 1280. The van der Waals surface area contributed by atoms with Crippen LogP contribution in [0.2, 0.25) is 0 Å². The number of anilines is 1. The number of benzene rings is 1. The van der Waals surface area contributed by atoms with Crippen molar-refractivity contribution in [2.24, 2.45) is 0 Å². The number of nitrogens with one attached hydrogen (secondary N) is 1. The highest BCUT2D eigenvalue weighted by Crippen LogP contribution is 2.37. The first-order valence-electron chi connectivity index (χ1n) is 11.8. The fraction of sp³-hybridized carbons (Fsp3) is 0.333. The number of hydrogen-bond donors (Lipinski definition) is 1. The monoisotopic (exact) mass is 504 g/mol.